The number of H-pyrrole nitrogens is 1. The number of carbonyl (C=O) groups is 1. The molecule has 1 aromatic heterocycles. The maximum atomic E-state index is 11.8. The van der Waals surface area contributed by atoms with Crippen molar-refractivity contribution in [3.8, 4) is 0 Å². The number of aliphatic hydroxyl groups excluding tert-OH is 1. The van der Waals surface area contributed by atoms with E-state index in [2.05, 4.69) is 10.3 Å². The lowest BCUT2D eigenvalue weighted by Gasteiger charge is -2.17. The molecular formula is C17H20N2O4. The highest BCUT2D eigenvalue weighted by molar-refractivity contribution is 5.93. The van der Waals surface area contributed by atoms with Crippen molar-refractivity contribution in [2.45, 2.75) is 19.1 Å². The number of rotatable bonds is 7. The van der Waals surface area contributed by atoms with Gasteiger partial charge in [-0.1, -0.05) is 30.3 Å². The highest BCUT2D eigenvalue weighted by Crippen LogP contribution is 2.15. The van der Waals surface area contributed by atoms with Crippen molar-refractivity contribution in [3.63, 3.8) is 0 Å². The van der Waals surface area contributed by atoms with Gasteiger partial charge in [-0.05, 0) is 24.6 Å². The molecule has 0 spiro atoms. The van der Waals surface area contributed by atoms with Gasteiger partial charge in [0.15, 0.2) is 0 Å². The predicted octanol–water partition coefficient (Wildman–Crippen LogP) is 1.24. The molecule has 2 atom stereocenters. The molecule has 0 saturated carbocycles. The maximum absolute atomic E-state index is 11.8. The Morgan fingerprint density at radius 2 is 2.00 bits per heavy atom. The van der Waals surface area contributed by atoms with Crippen LogP contribution < -0.4 is 10.9 Å². The Labute approximate surface area is 134 Å². The average Bonchev–Trinajstić information content (AvgIpc) is 2.58. The molecule has 3 N–H and O–H groups in total. The number of ether oxygens (including phenoxy) is 1. The van der Waals surface area contributed by atoms with E-state index in [1.165, 1.54) is 12.3 Å². The molecule has 6 heteroatoms. The van der Waals surface area contributed by atoms with E-state index in [1.807, 2.05) is 37.3 Å². The van der Waals surface area contributed by atoms with Gasteiger partial charge in [0.25, 0.3) is 11.5 Å². The third-order valence-electron chi connectivity index (χ3n) is 3.37. The van der Waals surface area contributed by atoms with Gasteiger partial charge in [-0.3, -0.25) is 9.59 Å². The molecule has 0 saturated heterocycles. The van der Waals surface area contributed by atoms with Gasteiger partial charge in [0.05, 0.1) is 18.8 Å². The zero-order chi connectivity index (χ0) is 16.7. The topological polar surface area (TPSA) is 91.4 Å². The van der Waals surface area contributed by atoms with Gasteiger partial charge in [-0.25, -0.2) is 0 Å². The number of pyridine rings is 1. The average molecular weight is 316 g/mol. The third kappa shape index (κ3) is 5.05. The van der Waals surface area contributed by atoms with Gasteiger partial charge in [0.1, 0.15) is 5.56 Å². The molecular weight excluding hydrogens is 296 g/mol. The fourth-order valence-electron chi connectivity index (χ4n) is 2.04. The number of aromatic amines is 1. The molecule has 2 rings (SSSR count). The van der Waals surface area contributed by atoms with Crippen molar-refractivity contribution in [2.75, 3.05) is 13.2 Å². The Morgan fingerprint density at radius 1 is 1.26 bits per heavy atom. The first-order valence-electron chi connectivity index (χ1n) is 7.38. The fraction of sp³-hybridized carbons (Fsp3) is 0.294. The van der Waals surface area contributed by atoms with Crippen molar-refractivity contribution in [1.82, 2.24) is 10.3 Å². The minimum absolute atomic E-state index is 0.00861. The van der Waals surface area contributed by atoms with Crippen molar-refractivity contribution >= 4 is 5.91 Å². The monoisotopic (exact) mass is 316 g/mol. The van der Waals surface area contributed by atoms with E-state index in [-0.39, 0.29) is 24.8 Å². The lowest BCUT2D eigenvalue weighted by atomic mass is 10.1. The largest absolute Gasteiger partial charge is 0.389 e. The molecule has 0 unspecified atom stereocenters. The van der Waals surface area contributed by atoms with Crippen LogP contribution in [0.2, 0.25) is 0 Å². The van der Waals surface area contributed by atoms with E-state index in [0.717, 1.165) is 5.56 Å². The Bertz CT molecular complexity index is 684. The standard InChI is InChI=1S/C17H20N2O4/c1-12(13-6-3-2-4-7-13)23-11-14(20)10-19-17(22)15-8-5-9-18-16(15)21/h2-9,12,14,20H,10-11H2,1H3,(H,18,21)(H,19,22)/t12-,14+/m0/s1. The van der Waals surface area contributed by atoms with Crippen LogP contribution in [0, 0.1) is 0 Å². The minimum Gasteiger partial charge on any atom is -0.389 e. The number of benzene rings is 1. The molecule has 0 fully saturated rings. The van der Waals surface area contributed by atoms with Crippen LogP contribution in [0.4, 0.5) is 0 Å². The summed E-state index contributed by atoms with van der Waals surface area (Å²) in [5.74, 6) is -0.526. The summed E-state index contributed by atoms with van der Waals surface area (Å²) in [6, 6.07) is 12.6. The summed E-state index contributed by atoms with van der Waals surface area (Å²) in [4.78, 5) is 25.7. The molecule has 1 aromatic carbocycles. The van der Waals surface area contributed by atoms with Gasteiger partial charge >= 0.3 is 0 Å². The number of aliphatic hydroxyl groups is 1. The number of amides is 1. The summed E-state index contributed by atoms with van der Waals surface area (Å²) in [6.07, 6.45) is 0.443. The van der Waals surface area contributed by atoms with Gasteiger partial charge in [-0.2, -0.15) is 0 Å². The quantitative estimate of drug-likeness (QED) is 0.717. The van der Waals surface area contributed by atoms with Crippen LogP contribution in [0.15, 0.2) is 53.5 Å². The summed E-state index contributed by atoms with van der Waals surface area (Å²) in [7, 11) is 0. The molecule has 0 bridgehead atoms. The van der Waals surface area contributed by atoms with Crippen molar-refractivity contribution in [1.29, 1.82) is 0 Å². The molecule has 2 aromatic rings. The first-order valence-corrected chi connectivity index (χ1v) is 7.38. The van der Waals surface area contributed by atoms with Crippen LogP contribution >= 0.6 is 0 Å². The second kappa shape index (κ2) is 8.26. The van der Waals surface area contributed by atoms with Gasteiger partial charge in [0.2, 0.25) is 0 Å². The summed E-state index contributed by atoms with van der Waals surface area (Å²) in [5.41, 5.74) is 0.561. The van der Waals surface area contributed by atoms with Crippen LogP contribution in [-0.2, 0) is 4.74 Å². The SMILES string of the molecule is C[C@H](OC[C@H](O)CNC(=O)c1ccc[nH]c1=O)c1ccccc1. The minimum atomic E-state index is -0.854. The summed E-state index contributed by atoms with van der Waals surface area (Å²) >= 11 is 0. The number of nitrogens with one attached hydrogen (secondary N) is 2. The molecule has 0 aliphatic carbocycles. The number of aromatic nitrogens is 1. The number of hydrogen-bond donors (Lipinski definition) is 3. The second-order valence-electron chi connectivity index (χ2n) is 5.16. The summed E-state index contributed by atoms with van der Waals surface area (Å²) in [6.45, 7) is 1.99. The highest BCUT2D eigenvalue weighted by Gasteiger charge is 2.13. The summed E-state index contributed by atoms with van der Waals surface area (Å²) < 4.78 is 5.58. The molecule has 23 heavy (non-hydrogen) atoms. The van der Waals surface area contributed by atoms with E-state index in [4.69, 9.17) is 4.74 Å². The molecule has 1 amide bonds. The van der Waals surface area contributed by atoms with E-state index in [0.29, 0.717) is 0 Å². The molecule has 0 radical (unpaired) electrons. The third-order valence-corrected chi connectivity index (χ3v) is 3.37. The number of carbonyl (C=O) groups excluding carboxylic acids is 1. The Balaban J connectivity index is 1.77. The maximum Gasteiger partial charge on any atom is 0.260 e. The first-order chi connectivity index (χ1) is 11.1. The lowest BCUT2D eigenvalue weighted by molar-refractivity contribution is -0.00171. The molecule has 0 aliphatic heterocycles. The van der Waals surface area contributed by atoms with Gasteiger partial charge in [-0.15, -0.1) is 0 Å². The summed E-state index contributed by atoms with van der Waals surface area (Å²) in [5, 5.41) is 12.4. The van der Waals surface area contributed by atoms with E-state index < -0.39 is 17.6 Å². The number of hydrogen-bond acceptors (Lipinski definition) is 4. The van der Waals surface area contributed by atoms with Gasteiger partial charge in [0, 0.05) is 12.7 Å². The van der Waals surface area contributed by atoms with Crippen LogP contribution in [0.25, 0.3) is 0 Å². The van der Waals surface area contributed by atoms with E-state index in [1.54, 1.807) is 6.07 Å². The smallest absolute Gasteiger partial charge is 0.260 e. The molecule has 122 valence electrons. The second-order valence-corrected chi connectivity index (χ2v) is 5.16. The fourth-order valence-corrected chi connectivity index (χ4v) is 2.04. The van der Waals surface area contributed by atoms with Crippen LogP contribution in [0.5, 0.6) is 0 Å². The van der Waals surface area contributed by atoms with Crippen LogP contribution in [0.1, 0.15) is 28.9 Å². The first kappa shape index (κ1) is 16.9. The van der Waals surface area contributed by atoms with Crippen molar-refractivity contribution < 1.29 is 14.6 Å². The van der Waals surface area contributed by atoms with Crippen LogP contribution in [0.3, 0.4) is 0 Å². The lowest BCUT2D eigenvalue weighted by Crippen LogP contribution is -2.37. The zero-order valence-corrected chi connectivity index (χ0v) is 12.9. The highest BCUT2D eigenvalue weighted by atomic mass is 16.5. The Morgan fingerprint density at radius 3 is 2.70 bits per heavy atom. The Hall–Kier alpha value is -2.44. The van der Waals surface area contributed by atoms with Crippen molar-refractivity contribution in [3.05, 3.63) is 70.1 Å². The van der Waals surface area contributed by atoms with Gasteiger partial charge < -0.3 is 20.1 Å². The van der Waals surface area contributed by atoms with E-state index in [9.17, 15) is 14.7 Å². The molecule has 6 nitrogen and oxygen atoms in total. The molecule has 0 aliphatic rings. The zero-order valence-electron chi connectivity index (χ0n) is 12.9. The van der Waals surface area contributed by atoms with Crippen LogP contribution in [-0.4, -0.2) is 35.3 Å². The van der Waals surface area contributed by atoms with Crippen molar-refractivity contribution in [2.24, 2.45) is 0 Å². The van der Waals surface area contributed by atoms with E-state index >= 15 is 0 Å². The normalized spacial score (nSPS) is 13.3. The predicted molar refractivity (Wildman–Crippen MR) is 86.2 cm³/mol. The molecule has 1 heterocycles. The Kier molecular flexibility index (Phi) is 6.08.